The van der Waals surface area contributed by atoms with Crippen molar-refractivity contribution in [3.05, 3.63) is 63.6 Å². The number of benzene rings is 2. The molecule has 1 aromatic heterocycles. The molecule has 0 fully saturated rings. The van der Waals surface area contributed by atoms with Crippen LogP contribution in [0.5, 0.6) is 0 Å². The number of hydrogen-bond donors (Lipinski definition) is 1. The number of aromatic nitrogens is 2. The number of nitrogens with one attached hydrogen (secondary N) is 1. The second kappa shape index (κ2) is 7.95. The van der Waals surface area contributed by atoms with Crippen molar-refractivity contribution >= 4 is 46.9 Å². The lowest BCUT2D eigenvalue weighted by atomic mass is 10.1. The number of anilines is 1. The number of rotatable bonds is 5. The topological polar surface area (TPSA) is 46.9 Å². The van der Waals surface area contributed by atoms with Crippen molar-refractivity contribution in [2.24, 2.45) is 0 Å². The Bertz CT molecular complexity index is 927. The Hall–Kier alpha value is -1.96. The standard InChI is InChI=1S/C18H17N3OS3/c1-12-7-6-8-13(2)16(12)19-15(22)11-24-17-20-21(18(23)25-17)14-9-4-3-5-10-14/h3-10H,11H2,1-2H3,(H,19,22). The van der Waals surface area contributed by atoms with Crippen molar-refractivity contribution in [3.8, 4) is 5.69 Å². The Kier molecular flexibility index (Phi) is 5.67. The number of carbonyl (C=O) groups excluding carboxylic acids is 1. The van der Waals surface area contributed by atoms with Crippen LogP contribution in [0.1, 0.15) is 11.1 Å². The highest BCUT2D eigenvalue weighted by Gasteiger charge is 2.11. The molecule has 1 heterocycles. The molecule has 4 nitrogen and oxygen atoms in total. The molecule has 25 heavy (non-hydrogen) atoms. The maximum absolute atomic E-state index is 12.3. The van der Waals surface area contributed by atoms with Crippen molar-refractivity contribution in [1.82, 2.24) is 9.78 Å². The smallest absolute Gasteiger partial charge is 0.234 e. The van der Waals surface area contributed by atoms with Gasteiger partial charge in [-0.2, -0.15) is 0 Å². The molecule has 0 bridgehead atoms. The number of carbonyl (C=O) groups is 1. The molecule has 2 aromatic carbocycles. The third-order valence-corrected chi connectivity index (χ3v) is 5.97. The minimum atomic E-state index is -0.0465. The highest BCUT2D eigenvalue weighted by atomic mass is 32.2. The van der Waals surface area contributed by atoms with E-state index in [1.165, 1.54) is 23.1 Å². The molecule has 128 valence electrons. The highest BCUT2D eigenvalue weighted by molar-refractivity contribution is 8.01. The normalized spacial score (nSPS) is 10.6. The van der Waals surface area contributed by atoms with E-state index in [1.807, 2.05) is 62.4 Å². The van der Waals surface area contributed by atoms with Crippen LogP contribution >= 0.6 is 35.3 Å². The Morgan fingerprint density at radius 1 is 1.16 bits per heavy atom. The SMILES string of the molecule is Cc1cccc(C)c1NC(=O)CSc1nn(-c2ccccc2)c(=S)s1. The average Bonchev–Trinajstić information content (AvgIpc) is 2.98. The largest absolute Gasteiger partial charge is 0.325 e. The van der Waals surface area contributed by atoms with Crippen LogP contribution in [0.25, 0.3) is 5.69 Å². The first-order chi connectivity index (χ1) is 12.0. The van der Waals surface area contributed by atoms with Gasteiger partial charge in [0.05, 0.1) is 11.4 Å². The van der Waals surface area contributed by atoms with Crippen LogP contribution in [0.15, 0.2) is 52.9 Å². The Morgan fingerprint density at radius 2 is 1.84 bits per heavy atom. The summed E-state index contributed by atoms with van der Waals surface area (Å²) in [7, 11) is 0. The van der Waals surface area contributed by atoms with Gasteiger partial charge in [0, 0.05) is 5.69 Å². The molecular formula is C18H17N3OS3. The maximum atomic E-state index is 12.3. The molecule has 0 aliphatic carbocycles. The molecule has 0 aliphatic rings. The van der Waals surface area contributed by atoms with E-state index in [2.05, 4.69) is 10.4 Å². The molecule has 0 aliphatic heterocycles. The quantitative estimate of drug-likeness (QED) is 0.494. The number of aryl methyl sites for hydroxylation is 2. The fourth-order valence-electron chi connectivity index (χ4n) is 2.37. The van der Waals surface area contributed by atoms with Gasteiger partial charge in [-0.05, 0) is 49.3 Å². The van der Waals surface area contributed by atoms with Crippen molar-refractivity contribution in [2.75, 3.05) is 11.1 Å². The van der Waals surface area contributed by atoms with Crippen molar-refractivity contribution in [3.63, 3.8) is 0 Å². The van der Waals surface area contributed by atoms with Gasteiger partial charge >= 0.3 is 0 Å². The lowest BCUT2D eigenvalue weighted by molar-refractivity contribution is -0.113. The van der Waals surface area contributed by atoms with Crippen LogP contribution in [0.2, 0.25) is 0 Å². The van der Waals surface area contributed by atoms with Gasteiger partial charge in [-0.15, -0.1) is 5.10 Å². The van der Waals surface area contributed by atoms with E-state index in [0.29, 0.717) is 9.71 Å². The summed E-state index contributed by atoms with van der Waals surface area (Å²) in [5.74, 6) is 0.250. The van der Waals surface area contributed by atoms with E-state index in [-0.39, 0.29) is 5.91 Å². The summed E-state index contributed by atoms with van der Waals surface area (Å²) in [5, 5.41) is 7.49. The molecule has 3 rings (SSSR count). The Labute approximate surface area is 159 Å². The van der Waals surface area contributed by atoms with Crippen molar-refractivity contribution in [2.45, 2.75) is 18.2 Å². The Morgan fingerprint density at radius 3 is 2.52 bits per heavy atom. The number of thioether (sulfide) groups is 1. The summed E-state index contributed by atoms with van der Waals surface area (Å²) < 4.78 is 3.18. The number of amides is 1. The number of hydrogen-bond acceptors (Lipinski definition) is 5. The molecule has 0 radical (unpaired) electrons. The summed E-state index contributed by atoms with van der Waals surface area (Å²) in [6.45, 7) is 3.98. The minimum Gasteiger partial charge on any atom is -0.325 e. The third kappa shape index (κ3) is 4.36. The van der Waals surface area contributed by atoms with Crippen LogP contribution in [-0.2, 0) is 4.79 Å². The van der Waals surface area contributed by atoms with E-state index < -0.39 is 0 Å². The first kappa shape index (κ1) is 17.8. The molecule has 0 unspecified atom stereocenters. The van der Waals surface area contributed by atoms with Gasteiger partial charge < -0.3 is 5.32 Å². The molecule has 0 saturated heterocycles. The van der Waals surface area contributed by atoms with Gasteiger partial charge in [0.25, 0.3) is 0 Å². The summed E-state index contributed by atoms with van der Waals surface area (Å²) in [6.07, 6.45) is 0. The van der Waals surface area contributed by atoms with E-state index in [9.17, 15) is 4.79 Å². The van der Waals surface area contributed by atoms with E-state index in [4.69, 9.17) is 12.2 Å². The van der Waals surface area contributed by atoms with E-state index >= 15 is 0 Å². The zero-order valence-corrected chi connectivity index (χ0v) is 16.3. The van der Waals surface area contributed by atoms with Gasteiger partial charge in [0.1, 0.15) is 0 Å². The van der Waals surface area contributed by atoms with Gasteiger partial charge in [-0.1, -0.05) is 59.5 Å². The molecule has 3 aromatic rings. The lowest BCUT2D eigenvalue weighted by Crippen LogP contribution is -2.15. The second-order valence-electron chi connectivity index (χ2n) is 5.48. The van der Waals surface area contributed by atoms with Crippen LogP contribution < -0.4 is 5.32 Å². The Balaban J connectivity index is 1.66. The van der Waals surface area contributed by atoms with Gasteiger partial charge in [-0.3, -0.25) is 4.79 Å². The predicted octanol–water partition coefficient (Wildman–Crippen LogP) is 5.01. The molecule has 0 saturated carbocycles. The fraction of sp³-hybridized carbons (Fsp3) is 0.167. The summed E-state index contributed by atoms with van der Waals surface area (Å²) in [6, 6.07) is 15.7. The molecule has 0 spiro atoms. The van der Waals surface area contributed by atoms with Gasteiger partial charge in [-0.25, -0.2) is 4.68 Å². The van der Waals surface area contributed by atoms with Crippen LogP contribution in [0.4, 0.5) is 5.69 Å². The van der Waals surface area contributed by atoms with Crippen molar-refractivity contribution in [1.29, 1.82) is 0 Å². The van der Waals surface area contributed by atoms with Crippen LogP contribution in [0, 0.1) is 17.8 Å². The van der Waals surface area contributed by atoms with Crippen LogP contribution in [0.3, 0.4) is 0 Å². The predicted molar refractivity (Wildman–Crippen MR) is 108 cm³/mol. The number of nitrogens with zero attached hydrogens (tertiary/aromatic N) is 2. The number of para-hydroxylation sites is 2. The highest BCUT2D eigenvalue weighted by Crippen LogP contribution is 2.25. The lowest BCUT2D eigenvalue weighted by Gasteiger charge is -2.10. The summed E-state index contributed by atoms with van der Waals surface area (Å²) in [5.41, 5.74) is 3.93. The van der Waals surface area contributed by atoms with Crippen LogP contribution in [-0.4, -0.2) is 21.4 Å². The molecular weight excluding hydrogens is 370 g/mol. The fourth-order valence-corrected chi connectivity index (χ4v) is 4.53. The maximum Gasteiger partial charge on any atom is 0.234 e. The first-order valence-electron chi connectivity index (χ1n) is 7.69. The molecule has 1 N–H and O–H groups in total. The summed E-state index contributed by atoms with van der Waals surface area (Å²) >= 11 is 8.19. The third-order valence-electron chi connectivity index (χ3n) is 3.60. The monoisotopic (exact) mass is 387 g/mol. The zero-order valence-electron chi connectivity index (χ0n) is 13.9. The van der Waals surface area contributed by atoms with E-state index in [1.54, 1.807) is 4.68 Å². The minimum absolute atomic E-state index is 0.0465. The molecule has 1 amide bonds. The van der Waals surface area contributed by atoms with Gasteiger partial charge in [0.2, 0.25) is 5.91 Å². The molecule has 0 atom stereocenters. The zero-order chi connectivity index (χ0) is 17.8. The first-order valence-corrected chi connectivity index (χ1v) is 9.90. The average molecular weight is 388 g/mol. The van der Waals surface area contributed by atoms with E-state index in [0.717, 1.165) is 26.8 Å². The molecule has 7 heteroatoms. The summed E-state index contributed by atoms with van der Waals surface area (Å²) in [4.78, 5) is 12.3. The van der Waals surface area contributed by atoms with Gasteiger partial charge in [0.15, 0.2) is 8.29 Å². The van der Waals surface area contributed by atoms with Crippen molar-refractivity contribution < 1.29 is 4.79 Å². The second-order valence-corrected chi connectivity index (χ2v) is 8.33.